The number of carboxylic acid groups (broad SMARTS) is 1. The van der Waals surface area contributed by atoms with E-state index in [0.717, 1.165) is 6.26 Å². The van der Waals surface area contributed by atoms with Gasteiger partial charge in [-0.3, -0.25) is 0 Å². The van der Waals surface area contributed by atoms with Crippen molar-refractivity contribution >= 4 is 15.8 Å². The van der Waals surface area contributed by atoms with Gasteiger partial charge < -0.3 is 9.52 Å². The zero-order valence-corrected chi connectivity index (χ0v) is 9.24. The van der Waals surface area contributed by atoms with E-state index in [0.29, 0.717) is 12.8 Å². The zero-order valence-electron chi connectivity index (χ0n) is 8.42. The number of hydrogen-bond acceptors (Lipinski definition) is 5. The Morgan fingerprint density at radius 3 is 2.88 bits per heavy atom. The van der Waals surface area contributed by atoms with E-state index < -0.39 is 21.1 Å². The standard InChI is InChI=1S/C9H11NO5S/c11-9(12)7-5-15-8(10-7)4-6-2-1-3-16(6,13)14/h5-6H,1-4H2,(H,11,12). The molecule has 0 amide bonds. The molecule has 6 nitrogen and oxygen atoms in total. The van der Waals surface area contributed by atoms with Crippen molar-refractivity contribution in [3.63, 3.8) is 0 Å². The molecule has 1 unspecified atom stereocenters. The largest absolute Gasteiger partial charge is 0.476 e. The summed E-state index contributed by atoms with van der Waals surface area (Å²) in [6.45, 7) is 0. The molecule has 0 bridgehead atoms. The highest BCUT2D eigenvalue weighted by molar-refractivity contribution is 7.92. The van der Waals surface area contributed by atoms with E-state index in [-0.39, 0.29) is 23.8 Å². The third-order valence-electron chi connectivity index (χ3n) is 2.64. The summed E-state index contributed by atoms with van der Waals surface area (Å²) in [6.07, 6.45) is 2.43. The molecule has 0 spiro atoms. The van der Waals surface area contributed by atoms with Crippen LogP contribution in [0.15, 0.2) is 10.7 Å². The van der Waals surface area contributed by atoms with Gasteiger partial charge in [-0.05, 0) is 12.8 Å². The van der Waals surface area contributed by atoms with Crippen LogP contribution in [0.1, 0.15) is 29.2 Å². The number of rotatable bonds is 3. The van der Waals surface area contributed by atoms with E-state index in [1.807, 2.05) is 0 Å². The molecular formula is C9H11NO5S. The van der Waals surface area contributed by atoms with Crippen LogP contribution in [-0.4, -0.2) is 35.5 Å². The molecule has 1 aliphatic heterocycles. The maximum Gasteiger partial charge on any atom is 0.357 e. The van der Waals surface area contributed by atoms with Crippen molar-refractivity contribution in [3.05, 3.63) is 17.8 Å². The monoisotopic (exact) mass is 245 g/mol. The number of oxazole rings is 1. The van der Waals surface area contributed by atoms with Crippen LogP contribution in [0.4, 0.5) is 0 Å². The lowest BCUT2D eigenvalue weighted by Gasteiger charge is -2.04. The lowest BCUT2D eigenvalue weighted by Crippen LogP contribution is -2.18. The van der Waals surface area contributed by atoms with Crippen LogP contribution in [-0.2, 0) is 16.3 Å². The second kappa shape index (κ2) is 3.89. The van der Waals surface area contributed by atoms with Crippen LogP contribution in [0, 0.1) is 0 Å². The fraction of sp³-hybridized carbons (Fsp3) is 0.556. The molecular weight excluding hydrogens is 234 g/mol. The van der Waals surface area contributed by atoms with Crippen LogP contribution in [0.3, 0.4) is 0 Å². The minimum Gasteiger partial charge on any atom is -0.476 e. The molecule has 2 rings (SSSR count). The lowest BCUT2D eigenvalue weighted by molar-refractivity contribution is 0.0690. The first-order valence-electron chi connectivity index (χ1n) is 4.88. The van der Waals surface area contributed by atoms with Crippen LogP contribution in [0.25, 0.3) is 0 Å². The van der Waals surface area contributed by atoms with Crippen molar-refractivity contribution in [1.29, 1.82) is 0 Å². The Kier molecular flexibility index (Phi) is 2.71. The number of carboxylic acids is 1. The van der Waals surface area contributed by atoms with E-state index >= 15 is 0 Å². The number of sulfone groups is 1. The number of aromatic nitrogens is 1. The molecule has 0 aromatic carbocycles. The van der Waals surface area contributed by atoms with E-state index in [9.17, 15) is 13.2 Å². The Balaban J connectivity index is 2.12. The van der Waals surface area contributed by atoms with Crippen molar-refractivity contribution in [2.45, 2.75) is 24.5 Å². The second-order valence-corrected chi connectivity index (χ2v) is 6.17. The summed E-state index contributed by atoms with van der Waals surface area (Å²) in [4.78, 5) is 14.2. The van der Waals surface area contributed by atoms with Gasteiger partial charge in [0, 0.05) is 6.42 Å². The molecule has 7 heteroatoms. The molecule has 0 aliphatic carbocycles. The Bertz CT molecular complexity index is 504. The molecule has 0 saturated carbocycles. The predicted molar refractivity (Wildman–Crippen MR) is 54.0 cm³/mol. The maximum absolute atomic E-state index is 11.5. The van der Waals surface area contributed by atoms with E-state index in [2.05, 4.69) is 4.98 Å². The lowest BCUT2D eigenvalue weighted by atomic mass is 10.2. The highest BCUT2D eigenvalue weighted by atomic mass is 32.2. The number of nitrogens with zero attached hydrogens (tertiary/aromatic N) is 1. The average molecular weight is 245 g/mol. The van der Waals surface area contributed by atoms with Crippen molar-refractivity contribution in [2.24, 2.45) is 0 Å². The van der Waals surface area contributed by atoms with Gasteiger partial charge in [0.2, 0.25) is 0 Å². The predicted octanol–water partition coefficient (Wildman–Crippen LogP) is 0.493. The second-order valence-electron chi connectivity index (χ2n) is 3.77. The average Bonchev–Trinajstić information content (AvgIpc) is 2.75. The smallest absolute Gasteiger partial charge is 0.357 e. The normalized spacial score (nSPS) is 23.4. The molecule has 1 aliphatic rings. The molecule has 1 N–H and O–H groups in total. The third-order valence-corrected chi connectivity index (χ3v) is 4.91. The first-order chi connectivity index (χ1) is 7.49. The maximum atomic E-state index is 11.5. The summed E-state index contributed by atoms with van der Waals surface area (Å²) in [5, 5.41) is 8.14. The van der Waals surface area contributed by atoms with Crippen LogP contribution in [0.5, 0.6) is 0 Å². The molecule has 1 aromatic heterocycles. The topological polar surface area (TPSA) is 97.5 Å². The van der Waals surface area contributed by atoms with Gasteiger partial charge in [0.15, 0.2) is 21.4 Å². The summed E-state index contributed by atoms with van der Waals surface area (Å²) in [5.74, 6) is -0.804. The quantitative estimate of drug-likeness (QED) is 0.832. The van der Waals surface area contributed by atoms with Crippen molar-refractivity contribution in [1.82, 2.24) is 4.98 Å². The van der Waals surface area contributed by atoms with Crippen molar-refractivity contribution in [3.8, 4) is 0 Å². The number of aromatic carboxylic acids is 1. The molecule has 88 valence electrons. The van der Waals surface area contributed by atoms with E-state index in [1.165, 1.54) is 0 Å². The summed E-state index contributed by atoms with van der Waals surface area (Å²) in [5.41, 5.74) is -0.189. The minimum atomic E-state index is -3.04. The third kappa shape index (κ3) is 2.08. The number of hydrogen-bond donors (Lipinski definition) is 1. The first kappa shape index (κ1) is 11.1. The van der Waals surface area contributed by atoms with Gasteiger partial charge in [0.1, 0.15) is 6.26 Å². The molecule has 1 aromatic rings. The Morgan fingerprint density at radius 1 is 1.62 bits per heavy atom. The van der Waals surface area contributed by atoms with Crippen LogP contribution in [0.2, 0.25) is 0 Å². The van der Waals surface area contributed by atoms with E-state index in [1.54, 1.807) is 0 Å². The van der Waals surface area contributed by atoms with Crippen molar-refractivity contribution < 1.29 is 22.7 Å². The molecule has 16 heavy (non-hydrogen) atoms. The summed E-state index contributed by atoms with van der Waals surface area (Å²) >= 11 is 0. The minimum absolute atomic E-state index is 0.162. The van der Waals surface area contributed by atoms with Gasteiger partial charge in [-0.2, -0.15) is 0 Å². The summed E-state index contributed by atoms with van der Waals surface area (Å²) < 4.78 is 28.0. The summed E-state index contributed by atoms with van der Waals surface area (Å²) in [7, 11) is -3.04. The summed E-state index contributed by atoms with van der Waals surface area (Å²) in [6, 6.07) is 0. The zero-order chi connectivity index (χ0) is 11.8. The molecule has 2 heterocycles. The fourth-order valence-corrected chi connectivity index (χ4v) is 3.61. The van der Waals surface area contributed by atoms with Gasteiger partial charge in [0.25, 0.3) is 0 Å². The van der Waals surface area contributed by atoms with Gasteiger partial charge in [-0.15, -0.1) is 0 Å². The Labute approximate surface area is 92.2 Å². The number of carbonyl (C=O) groups is 1. The first-order valence-corrected chi connectivity index (χ1v) is 6.60. The van der Waals surface area contributed by atoms with Crippen molar-refractivity contribution in [2.75, 3.05) is 5.75 Å². The molecule has 1 saturated heterocycles. The molecule has 0 radical (unpaired) electrons. The van der Waals surface area contributed by atoms with Gasteiger partial charge in [-0.1, -0.05) is 0 Å². The van der Waals surface area contributed by atoms with E-state index in [4.69, 9.17) is 9.52 Å². The Morgan fingerprint density at radius 2 is 2.38 bits per heavy atom. The van der Waals surface area contributed by atoms with Gasteiger partial charge >= 0.3 is 5.97 Å². The van der Waals surface area contributed by atoms with Crippen LogP contribution >= 0.6 is 0 Å². The van der Waals surface area contributed by atoms with Gasteiger partial charge in [-0.25, -0.2) is 18.2 Å². The molecule has 1 atom stereocenters. The van der Waals surface area contributed by atoms with Crippen LogP contribution < -0.4 is 0 Å². The molecule has 1 fully saturated rings. The highest BCUT2D eigenvalue weighted by Gasteiger charge is 2.32. The Hall–Kier alpha value is -1.37. The highest BCUT2D eigenvalue weighted by Crippen LogP contribution is 2.23. The fourth-order valence-electron chi connectivity index (χ4n) is 1.79. The SMILES string of the molecule is O=C(O)c1coc(CC2CCCS2(=O)=O)n1. The van der Waals surface area contributed by atoms with Gasteiger partial charge in [0.05, 0.1) is 11.0 Å².